The lowest BCUT2D eigenvalue weighted by molar-refractivity contribution is 0.0952. The molecule has 26 heavy (non-hydrogen) atoms. The smallest absolute Gasteiger partial charge is 0.259 e. The topological polar surface area (TPSA) is 80.9 Å². The van der Waals surface area contributed by atoms with Gasteiger partial charge in [0.2, 0.25) is 0 Å². The van der Waals surface area contributed by atoms with Crippen molar-refractivity contribution in [3.8, 4) is 10.6 Å². The molecule has 4 heterocycles. The predicted octanol–water partition coefficient (Wildman–Crippen LogP) is 3.89. The highest BCUT2D eigenvalue weighted by Crippen LogP contribution is 2.31. The van der Waals surface area contributed by atoms with Crippen molar-refractivity contribution < 1.29 is 9.32 Å². The zero-order valence-electron chi connectivity index (χ0n) is 14.3. The summed E-state index contributed by atoms with van der Waals surface area (Å²) in [6.07, 6.45) is 3.43. The Hall–Kier alpha value is -3.06. The maximum Gasteiger partial charge on any atom is 0.259 e. The quantitative estimate of drug-likeness (QED) is 0.594. The second-order valence-electron chi connectivity index (χ2n) is 5.96. The van der Waals surface area contributed by atoms with E-state index in [0.717, 1.165) is 10.4 Å². The molecular formula is C19H16N4O2S. The van der Waals surface area contributed by atoms with Crippen molar-refractivity contribution in [3.05, 3.63) is 64.4 Å². The van der Waals surface area contributed by atoms with Gasteiger partial charge in [-0.05, 0) is 43.7 Å². The minimum Gasteiger partial charge on any atom is -0.348 e. The molecule has 0 saturated carbocycles. The van der Waals surface area contributed by atoms with Crippen LogP contribution in [0, 0.1) is 13.8 Å². The van der Waals surface area contributed by atoms with Crippen LogP contribution in [-0.2, 0) is 6.54 Å². The fraction of sp³-hybridized carbons (Fsp3) is 0.158. The number of aryl methyl sites for hydroxylation is 2. The van der Waals surface area contributed by atoms with Crippen molar-refractivity contribution in [1.82, 2.24) is 20.4 Å². The highest BCUT2D eigenvalue weighted by atomic mass is 32.1. The molecule has 4 aromatic heterocycles. The zero-order chi connectivity index (χ0) is 18.1. The van der Waals surface area contributed by atoms with Crippen LogP contribution in [0.1, 0.15) is 26.5 Å². The average molecular weight is 364 g/mol. The first kappa shape index (κ1) is 16.4. The standard InChI is InChI=1S/C19H16N4O2S/c1-11-5-6-16(26-11)15-8-14(17-12(2)23-25-19(17)22-15)18(24)21-10-13-4-3-7-20-9-13/h3-9H,10H2,1-2H3,(H,21,24). The first-order valence-corrected chi connectivity index (χ1v) is 8.94. The third-order valence-corrected chi connectivity index (χ3v) is 5.05. The van der Waals surface area contributed by atoms with E-state index in [-0.39, 0.29) is 5.91 Å². The number of nitrogens with one attached hydrogen (secondary N) is 1. The van der Waals surface area contributed by atoms with Gasteiger partial charge in [0.25, 0.3) is 11.6 Å². The van der Waals surface area contributed by atoms with E-state index >= 15 is 0 Å². The summed E-state index contributed by atoms with van der Waals surface area (Å²) < 4.78 is 5.32. The van der Waals surface area contributed by atoms with Gasteiger partial charge < -0.3 is 9.84 Å². The number of hydrogen-bond donors (Lipinski definition) is 1. The molecule has 6 nitrogen and oxygen atoms in total. The Morgan fingerprint density at radius 2 is 2.15 bits per heavy atom. The molecule has 0 aliphatic heterocycles. The van der Waals surface area contributed by atoms with Gasteiger partial charge in [0, 0.05) is 23.8 Å². The number of nitrogens with zero attached hydrogens (tertiary/aromatic N) is 3. The molecule has 4 aromatic rings. The number of thiophene rings is 1. The van der Waals surface area contributed by atoms with Crippen LogP contribution in [0.2, 0.25) is 0 Å². The molecule has 0 aliphatic carbocycles. The summed E-state index contributed by atoms with van der Waals surface area (Å²) in [6, 6.07) is 9.58. The molecule has 4 rings (SSSR count). The van der Waals surface area contributed by atoms with Gasteiger partial charge in [0.15, 0.2) is 0 Å². The SMILES string of the molecule is Cc1ccc(-c2cc(C(=O)NCc3cccnc3)c3c(C)noc3n2)s1. The zero-order valence-corrected chi connectivity index (χ0v) is 15.1. The van der Waals surface area contributed by atoms with E-state index in [1.54, 1.807) is 36.7 Å². The lowest BCUT2D eigenvalue weighted by atomic mass is 10.1. The van der Waals surface area contributed by atoms with Crippen LogP contribution >= 0.6 is 11.3 Å². The summed E-state index contributed by atoms with van der Waals surface area (Å²) in [7, 11) is 0. The fourth-order valence-electron chi connectivity index (χ4n) is 2.75. The Balaban J connectivity index is 1.72. The van der Waals surface area contributed by atoms with E-state index in [9.17, 15) is 4.79 Å². The number of aromatic nitrogens is 3. The number of fused-ring (bicyclic) bond motifs is 1. The maximum atomic E-state index is 12.8. The predicted molar refractivity (Wildman–Crippen MR) is 100.0 cm³/mol. The van der Waals surface area contributed by atoms with Gasteiger partial charge in [0.05, 0.1) is 27.2 Å². The van der Waals surface area contributed by atoms with Gasteiger partial charge in [0.1, 0.15) is 0 Å². The third kappa shape index (κ3) is 3.09. The number of amides is 1. The molecular weight excluding hydrogens is 348 g/mol. The molecule has 1 amide bonds. The molecule has 0 radical (unpaired) electrons. The molecule has 0 aromatic carbocycles. The van der Waals surface area contributed by atoms with Crippen molar-refractivity contribution in [3.63, 3.8) is 0 Å². The molecule has 0 saturated heterocycles. The monoisotopic (exact) mass is 364 g/mol. The lowest BCUT2D eigenvalue weighted by Gasteiger charge is -2.07. The van der Waals surface area contributed by atoms with Crippen molar-refractivity contribution in [1.29, 1.82) is 0 Å². The number of carbonyl (C=O) groups is 1. The number of hydrogen-bond acceptors (Lipinski definition) is 6. The highest BCUT2D eigenvalue weighted by Gasteiger charge is 2.19. The summed E-state index contributed by atoms with van der Waals surface area (Å²) in [5, 5.41) is 7.55. The minimum atomic E-state index is -0.193. The number of rotatable bonds is 4. The van der Waals surface area contributed by atoms with Crippen LogP contribution in [0.15, 0.2) is 47.2 Å². The van der Waals surface area contributed by atoms with Crippen LogP contribution in [-0.4, -0.2) is 21.0 Å². The van der Waals surface area contributed by atoms with Gasteiger partial charge in [-0.25, -0.2) is 4.98 Å². The average Bonchev–Trinajstić information content (AvgIpc) is 3.26. The van der Waals surface area contributed by atoms with Crippen LogP contribution in [0.5, 0.6) is 0 Å². The van der Waals surface area contributed by atoms with Gasteiger partial charge in [-0.3, -0.25) is 9.78 Å². The second-order valence-corrected chi connectivity index (χ2v) is 7.25. The van der Waals surface area contributed by atoms with Crippen LogP contribution in [0.4, 0.5) is 0 Å². The Labute approximate surface area is 153 Å². The van der Waals surface area contributed by atoms with E-state index in [0.29, 0.717) is 34.6 Å². The third-order valence-electron chi connectivity index (χ3n) is 4.03. The van der Waals surface area contributed by atoms with E-state index < -0.39 is 0 Å². The second kappa shape index (κ2) is 6.68. The van der Waals surface area contributed by atoms with E-state index in [1.165, 1.54) is 4.88 Å². The van der Waals surface area contributed by atoms with Gasteiger partial charge in [-0.2, -0.15) is 0 Å². The Morgan fingerprint density at radius 1 is 1.27 bits per heavy atom. The molecule has 0 unspecified atom stereocenters. The van der Waals surface area contributed by atoms with Crippen molar-refractivity contribution >= 4 is 28.3 Å². The molecule has 0 spiro atoms. The van der Waals surface area contributed by atoms with Gasteiger partial charge in [-0.1, -0.05) is 11.2 Å². The molecule has 1 N–H and O–H groups in total. The number of carbonyl (C=O) groups excluding carboxylic acids is 1. The van der Waals surface area contributed by atoms with Crippen LogP contribution in [0.3, 0.4) is 0 Å². The first-order chi connectivity index (χ1) is 12.6. The Kier molecular flexibility index (Phi) is 4.22. The van der Waals surface area contributed by atoms with E-state index in [4.69, 9.17) is 4.52 Å². The van der Waals surface area contributed by atoms with E-state index in [1.807, 2.05) is 31.2 Å². The van der Waals surface area contributed by atoms with Crippen LogP contribution < -0.4 is 5.32 Å². The van der Waals surface area contributed by atoms with E-state index in [2.05, 4.69) is 20.4 Å². The molecule has 130 valence electrons. The summed E-state index contributed by atoms with van der Waals surface area (Å²) in [5.41, 5.74) is 3.17. The highest BCUT2D eigenvalue weighted by molar-refractivity contribution is 7.15. The first-order valence-electron chi connectivity index (χ1n) is 8.13. The summed E-state index contributed by atoms with van der Waals surface area (Å²) in [4.78, 5) is 23.6. The Bertz CT molecular complexity index is 1090. The maximum absolute atomic E-state index is 12.8. The van der Waals surface area contributed by atoms with Crippen molar-refractivity contribution in [2.24, 2.45) is 0 Å². The summed E-state index contributed by atoms with van der Waals surface area (Å²) >= 11 is 1.62. The molecule has 0 aliphatic rings. The molecule has 0 bridgehead atoms. The van der Waals surface area contributed by atoms with Gasteiger partial charge >= 0.3 is 0 Å². The van der Waals surface area contributed by atoms with Crippen molar-refractivity contribution in [2.75, 3.05) is 0 Å². The van der Waals surface area contributed by atoms with Crippen LogP contribution in [0.25, 0.3) is 21.7 Å². The summed E-state index contributed by atoms with van der Waals surface area (Å²) in [6.45, 7) is 4.24. The summed E-state index contributed by atoms with van der Waals surface area (Å²) in [5.74, 6) is -0.193. The number of pyridine rings is 2. The van der Waals surface area contributed by atoms with Crippen molar-refractivity contribution in [2.45, 2.75) is 20.4 Å². The minimum absolute atomic E-state index is 0.193. The molecule has 0 atom stereocenters. The fourth-order valence-corrected chi connectivity index (χ4v) is 3.58. The lowest BCUT2D eigenvalue weighted by Crippen LogP contribution is -2.23. The largest absolute Gasteiger partial charge is 0.348 e. The normalized spacial score (nSPS) is 11.0. The Morgan fingerprint density at radius 3 is 2.88 bits per heavy atom. The molecule has 7 heteroatoms. The molecule has 0 fully saturated rings. The van der Waals surface area contributed by atoms with Gasteiger partial charge in [-0.15, -0.1) is 11.3 Å².